The fourth-order valence-corrected chi connectivity index (χ4v) is 3.67. The topological polar surface area (TPSA) is 59.2 Å². The van der Waals surface area contributed by atoms with Gasteiger partial charge in [0, 0.05) is 36.9 Å². The number of piperidine rings is 1. The summed E-state index contributed by atoms with van der Waals surface area (Å²) in [7, 11) is 0. The number of likely N-dealkylation sites (tertiary alicyclic amines) is 1. The van der Waals surface area contributed by atoms with E-state index in [1.165, 1.54) is 0 Å². The van der Waals surface area contributed by atoms with Gasteiger partial charge in [-0.1, -0.05) is 18.5 Å². The molecule has 124 valence electrons. The minimum Gasteiger partial charge on any atom is -0.342 e. The summed E-state index contributed by atoms with van der Waals surface area (Å²) in [4.78, 5) is 18.7. The molecule has 1 fully saturated rings. The van der Waals surface area contributed by atoms with Crippen LogP contribution in [0.25, 0.3) is 11.4 Å². The summed E-state index contributed by atoms with van der Waals surface area (Å²) in [5.74, 6) is 2.05. The lowest BCUT2D eigenvalue weighted by Crippen LogP contribution is -2.40. The average Bonchev–Trinajstić information content (AvgIpc) is 3.24. The van der Waals surface area contributed by atoms with Gasteiger partial charge in [0.25, 0.3) is 0 Å². The van der Waals surface area contributed by atoms with E-state index in [9.17, 15) is 4.79 Å². The van der Waals surface area contributed by atoms with Crippen molar-refractivity contribution in [3.8, 4) is 11.4 Å². The summed E-state index contributed by atoms with van der Waals surface area (Å²) in [6, 6.07) is 1.99. The number of amides is 1. The second-order valence-corrected chi connectivity index (χ2v) is 6.96. The first kappa shape index (κ1) is 16.2. The first-order chi connectivity index (χ1) is 11.3. The monoisotopic (exact) mass is 333 g/mol. The van der Waals surface area contributed by atoms with E-state index < -0.39 is 0 Å². The molecule has 6 heteroatoms. The van der Waals surface area contributed by atoms with Gasteiger partial charge in [0.2, 0.25) is 17.6 Å². The first-order valence-corrected chi connectivity index (χ1v) is 9.33. The number of nitrogens with zero attached hydrogens (tertiary/aromatic N) is 3. The Morgan fingerprint density at radius 3 is 3.22 bits per heavy atom. The summed E-state index contributed by atoms with van der Waals surface area (Å²) >= 11 is 1.62. The molecule has 0 radical (unpaired) electrons. The van der Waals surface area contributed by atoms with Crippen molar-refractivity contribution in [2.75, 3.05) is 13.1 Å². The van der Waals surface area contributed by atoms with Gasteiger partial charge in [-0.2, -0.15) is 16.3 Å². The Bertz CT molecular complexity index is 624. The zero-order valence-corrected chi connectivity index (χ0v) is 14.3. The van der Waals surface area contributed by atoms with Gasteiger partial charge in [0.15, 0.2) is 0 Å². The van der Waals surface area contributed by atoms with Crippen LogP contribution in [0.5, 0.6) is 0 Å². The number of carbonyl (C=O) groups is 1. The SMILES string of the molecule is CCCCC(=O)N1CCCC(Cc2nc(-c3ccsc3)no2)C1. The van der Waals surface area contributed by atoms with Crippen molar-refractivity contribution < 1.29 is 9.32 Å². The van der Waals surface area contributed by atoms with Crippen LogP contribution in [0.4, 0.5) is 0 Å². The van der Waals surface area contributed by atoms with E-state index in [0.717, 1.165) is 50.8 Å². The Morgan fingerprint density at radius 1 is 1.52 bits per heavy atom. The van der Waals surface area contributed by atoms with E-state index in [1.54, 1.807) is 11.3 Å². The minimum atomic E-state index is 0.293. The summed E-state index contributed by atoms with van der Waals surface area (Å²) < 4.78 is 5.39. The molecule has 2 aromatic heterocycles. The van der Waals surface area contributed by atoms with E-state index in [1.807, 2.05) is 21.7 Å². The quantitative estimate of drug-likeness (QED) is 0.807. The van der Waals surface area contributed by atoms with Crippen molar-refractivity contribution in [3.05, 3.63) is 22.7 Å². The van der Waals surface area contributed by atoms with Crippen molar-refractivity contribution >= 4 is 17.2 Å². The molecule has 0 aliphatic carbocycles. The Hall–Kier alpha value is -1.69. The lowest BCUT2D eigenvalue weighted by atomic mass is 9.94. The van der Waals surface area contributed by atoms with Gasteiger partial charge < -0.3 is 9.42 Å². The highest BCUT2D eigenvalue weighted by Crippen LogP contribution is 2.23. The van der Waals surface area contributed by atoms with Crippen molar-refractivity contribution in [1.29, 1.82) is 0 Å². The first-order valence-electron chi connectivity index (χ1n) is 8.39. The summed E-state index contributed by atoms with van der Waals surface area (Å²) in [6.07, 6.45) is 5.66. The second-order valence-electron chi connectivity index (χ2n) is 6.18. The zero-order valence-electron chi connectivity index (χ0n) is 13.5. The smallest absolute Gasteiger partial charge is 0.227 e. The fourth-order valence-electron chi connectivity index (χ4n) is 3.04. The highest BCUT2D eigenvalue weighted by molar-refractivity contribution is 7.08. The molecule has 1 saturated heterocycles. The fraction of sp³-hybridized carbons (Fsp3) is 0.588. The standard InChI is InChI=1S/C17H23N3O2S/c1-2-3-6-16(21)20-8-4-5-13(11-20)10-15-18-17(19-22-15)14-7-9-23-12-14/h7,9,12-13H,2-6,8,10-11H2,1H3. The molecule has 3 rings (SSSR count). The summed E-state index contributed by atoms with van der Waals surface area (Å²) in [5.41, 5.74) is 1.00. The van der Waals surface area contributed by atoms with Crippen LogP contribution in [0.15, 0.2) is 21.3 Å². The maximum atomic E-state index is 12.2. The van der Waals surface area contributed by atoms with Crippen LogP contribution < -0.4 is 0 Å². The van der Waals surface area contributed by atoms with Crippen molar-refractivity contribution in [1.82, 2.24) is 15.0 Å². The zero-order chi connectivity index (χ0) is 16.1. The molecule has 0 spiro atoms. The van der Waals surface area contributed by atoms with Crippen molar-refractivity contribution in [2.24, 2.45) is 5.92 Å². The predicted molar refractivity (Wildman–Crippen MR) is 90.1 cm³/mol. The third kappa shape index (κ3) is 4.19. The molecular weight excluding hydrogens is 310 g/mol. The van der Waals surface area contributed by atoms with Gasteiger partial charge in [0.1, 0.15) is 0 Å². The number of unbranched alkanes of at least 4 members (excludes halogenated alkanes) is 1. The van der Waals surface area contributed by atoms with Crippen LogP contribution in [0.2, 0.25) is 0 Å². The van der Waals surface area contributed by atoms with Gasteiger partial charge in [-0.15, -0.1) is 0 Å². The lowest BCUT2D eigenvalue weighted by molar-refractivity contribution is -0.133. The molecule has 5 nitrogen and oxygen atoms in total. The van der Waals surface area contributed by atoms with Crippen molar-refractivity contribution in [3.63, 3.8) is 0 Å². The van der Waals surface area contributed by atoms with Crippen LogP contribution in [-0.2, 0) is 11.2 Å². The summed E-state index contributed by atoms with van der Waals surface area (Å²) in [6.45, 7) is 3.83. The molecule has 1 amide bonds. The normalized spacial score (nSPS) is 18.3. The molecule has 0 N–H and O–H groups in total. The van der Waals surface area contributed by atoms with Gasteiger partial charge >= 0.3 is 0 Å². The van der Waals surface area contributed by atoms with Gasteiger partial charge in [-0.3, -0.25) is 4.79 Å². The molecule has 0 saturated carbocycles. The molecule has 1 aliphatic rings. The van der Waals surface area contributed by atoms with Crippen LogP contribution in [0.1, 0.15) is 44.9 Å². The third-order valence-corrected chi connectivity index (χ3v) is 5.01. The molecular formula is C17H23N3O2S. The minimum absolute atomic E-state index is 0.293. The molecule has 1 unspecified atom stereocenters. The van der Waals surface area contributed by atoms with Gasteiger partial charge in [0.05, 0.1) is 0 Å². The molecule has 1 atom stereocenters. The largest absolute Gasteiger partial charge is 0.342 e. The third-order valence-electron chi connectivity index (χ3n) is 4.33. The summed E-state index contributed by atoms with van der Waals surface area (Å²) in [5, 5.41) is 8.08. The lowest BCUT2D eigenvalue weighted by Gasteiger charge is -2.32. The molecule has 3 heterocycles. The van der Waals surface area contributed by atoms with Crippen LogP contribution >= 0.6 is 11.3 Å². The molecule has 1 aliphatic heterocycles. The van der Waals surface area contributed by atoms with Crippen molar-refractivity contribution in [2.45, 2.75) is 45.4 Å². The van der Waals surface area contributed by atoms with Gasteiger partial charge in [-0.05, 0) is 36.6 Å². The van der Waals surface area contributed by atoms with Crippen LogP contribution in [0.3, 0.4) is 0 Å². The second kappa shape index (κ2) is 7.73. The highest BCUT2D eigenvalue weighted by Gasteiger charge is 2.25. The number of hydrogen-bond donors (Lipinski definition) is 0. The average molecular weight is 333 g/mol. The Balaban J connectivity index is 1.56. The molecule has 23 heavy (non-hydrogen) atoms. The maximum absolute atomic E-state index is 12.2. The predicted octanol–water partition coefficient (Wildman–Crippen LogP) is 3.77. The Morgan fingerprint density at radius 2 is 2.43 bits per heavy atom. The van der Waals surface area contributed by atoms with E-state index in [-0.39, 0.29) is 0 Å². The molecule has 2 aromatic rings. The van der Waals surface area contributed by atoms with E-state index in [0.29, 0.717) is 30.0 Å². The van der Waals surface area contributed by atoms with Crippen LogP contribution in [0, 0.1) is 5.92 Å². The maximum Gasteiger partial charge on any atom is 0.227 e. The number of carbonyl (C=O) groups excluding carboxylic acids is 1. The number of hydrogen-bond acceptors (Lipinski definition) is 5. The molecule has 0 aromatic carbocycles. The Kier molecular flexibility index (Phi) is 5.43. The highest BCUT2D eigenvalue weighted by atomic mass is 32.1. The Labute approximate surface area is 140 Å². The number of thiophene rings is 1. The number of aromatic nitrogens is 2. The van der Waals surface area contributed by atoms with Gasteiger partial charge in [-0.25, -0.2) is 0 Å². The van der Waals surface area contributed by atoms with E-state index in [4.69, 9.17) is 4.52 Å². The number of rotatable bonds is 6. The molecule has 0 bridgehead atoms. The van der Waals surface area contributed by atoms with E-state index >= 15 is 0 Å². The van der Waals surface area contributed by atoms with E-state index in [2.05, 4.69) is 17.1 Å². The van der Waals surface area contributed by atoms with Crippen LogP contribution in [-0.4, -0.2) is 34.0 Å².